The van der Waals surface area contributed by atoms with Gasteiger partial charge in [0, 0.05) is 18.4 Å². The Bertz CT molecular complexity index is 773. The molecule has 0 fully saturated rings. The molecule has 0 saturated heterocycles. The summed E-state index contributed by atoms with van der Waals surface area (Å²) in [5.41, 5.74) is 3.18. The average molecular weight is 339 g/mol. The highest BCUT2D eigenvalue weighted by molar-refractivity contribution is 5.94. The molecule has 1 heterocycles. The van der Waals surface area contributed by atoms with Gasteiger partial charge in [-0.15, -0.1) is 0 Å². The third kappa shape index (κ3) is 5.14. The van der Waals surface area contributed by atoms with Gasteiger partial charge in [0.2, 0.25) is 0 Å². The van der Waals surface area contributed by atoms with Crippen LogP contribution in [0.3, 0.4) is 0 Å². The number of carbonyl (C=O) groups is 1. The van der Waals surface area contributed by atoms with Crippen molar-refractivity contribution in [2.24, 2.45) is 0 Å². The SMILES string of the molecule is O=C(NCCC1=CCCCC1)c1cncc(Nc2cccc(F)c2)c1. The van der Waals surface area contributed by atoms with Crippen LogP contribution in [-0.4, -0.2) is 17.4 Å². The van der Waals surface area contributed by atoms with Crippen molar-refractivity contribution < 1.29 is 9.18 Å². The Labute approximate surface area is 147 Å². The molecule has 0 unspecified atom stereocenters. The van der Waals surface area contributed by atoms with Gasteiger partial charge in [0.25, 0.3) is 5.91 Å². The van der Waals surface area contributed by atoms with Gasteiger partial charge < -0.3 is 10.6 Å². The van der Waals surface area contributed by atoms with E-state index in [0.717, 1.165) is 19.3 Å². The Kier molecular flexibility index (Phi) is 5.77. The van der Waals surface area contributed by atoms with Gasteiger partial charge in [0.15, 0.2) is 0 Å². The van der Waals surface area contributed by atoms with E-state index in [0.29, 0.717) is 23.5 Å². The Morgan fingerprint density at radius 1 is 1.16 bits per heavy atom. The van der Waals surface area contributed by atoms with E-state index in [4.69, 9.17) is 0 Å². The molecule has 0 atom stereocenters. The lowest BCUT2D eigenvalue weighted by molar-refractivity contribution is 0.0953. The molecule has 1 aromatic heterocycles. The smallest absolute Gasteiger partial charge is 0.252 e. The summed E-state index contributed by atoms with van der Waals surface area (Å²) in [4.78, 5) is 16.4. The number of aromatic nitrogens is 1. The quantitative estimate of drug-likeness (QED) is 0.757. The number of nitrogens with one attached hydrogen (secondary N) is 2. The maximum atomic E-state index is 13.2. The molecule has 3 rings (SSSR count). The van der Waals surface area contributed by atoms with Gasteiger partial charge in [-0.1, -0.05) is 17.7 Å². The second kappa shape index (κ2) is 8.42. The van der Waals surface area contributed by atoms with Crippen molar-refractivity contribution in [1.29, 1.82) is 0 Å². The van der Waals surface area contributed by atoms with Crippen molar-refractivity contribution in [3.05, 3.63) is 65.8 Å². The number of hydrogen-bond acceptors (Lipinski definition) is 3. The van der Waals surface area contributed by atoms with Gasteiger partial charge in [0.05, 0.1) is 17.4 Å². The first-order valence-corrected chi connectivity index (χ1v) is 8.64. The van der Waals surface area contributed by atoms with Crippen LogP contribution >= 0.6 is 0 Å². The third-order valence-corrected chi connectivity index (χ3v) is 4.23. The molecule has 0 radical (unpaired) electrons. The number of carbonyl (C=O) groups excluding carboxylic acids is 1. The summed E-state index contributed by atoms with van der Waals surface area (Å²) >= 11 is 0. The summed E-state index contributed by atoms with van der Waals surface area (Å²) < 4.78 is 13.2. The summed E-state index contributed by atoms with van der Waals surface area (Å²) in [6.45, 7) is 0.631. The fraction of sp³-hybridized carbons (Fsp3) is 0.300. The monoisotopic (exact) mass is 339 g/mol. The second-order valence-corrected chi connectivity index (χ2v) is 6.21. The number of nitrogens with zero attached hydrogens (tertiary/aromatic N) is 1. The van der Waals surface area contributed by atoms with E-state index in [2.05, 4.69) is 21.7 Å². The molecule has 1 aliphatic rings. The first-order valence-electron chi connectivity index (χ1n) is 8.64. The zero-order valence-electron chi connectivity index (χ0n) is 14.1. The Balaban J connectivity index is 1.56. The fourth-order valence-corrected chi connectivity index (χ4v) is 2.94. The number of amides is 1. The van der Waals surface area contributed by atoms with E-state index in [-0.39, 0.29) is 11.7 Å². The highest BCUT2D eigenvalue weighted by Gasteiger charge is 2.08. The molecule has 0 bridgehead atoms. The largest absolute Gasteiger partial charge is 0.354 e. The summed E-state index contributed by atoms with van der Waals surface area (Å²) in [7, 11) is 0. The van der Waals surface area contributed by atoms with E-state index in [9.17, 15) is 9.18 Å². The maximum absolute atomic E-state index is 13.2. The molecule has 0 aliphatic heterocycles. The number of anilines is 2. The van der Waals surface area contributed by atoms with Gasteiger partial charge in [-0.2, -0.15) is 0 Å². The van der Waals surface area contributed by atoms with Crippen LogP contribution in [0.25, 0.3) is 0 Å². The molecule has 4 nitrogen and oxygen atoms in total. The number of hydrogen-bond donors (Lipinski definition) is 2. The highest BCUT2D eigenvalue weighted by atomic mass is 19.1. The zero-order chi connectivity index (χ0) is 17.5. The van der Waals surface area contributed by atoms with Gasteiger partial charge in [-0.3, -0.25) is 9.78 Å². The molecule has 1 amide bonds. The predicted molar refractivity (Wildman–Crippen MR) is 97.4 cm³/mol. The standard InChI is InChI=1S/C20H22FN3O/c21-17-7-4-8-18(12-17)24-19-11-16(13-22-14-19)20(25)23-10-9-15-5-2-1-3-6-15/h4-5,7-8,11-14,24H,1-3,6,9-10H2,(H,23,25). The lowest BCUT2D eigenvalue weighted by atomic mass is 9.97. The predicted octanol–water partition coefficient (Wildman–Crippen LogP) is 4.58. The van der Waals surface area contributed by atoms with Crippen molar-refractivity contribution in [1.82, 2.24) is 10.3 Å². The van der Waals surface area contributed by atoms with Crippen molar-refractivity contribution in [3.8, 4) is 0 Å². The molecule has 1 aliphatic carbocycles. The van der Waals surface area contributed by atoms with E-state index >= 15 is 0 Å². The van der Waals surface area contributed by atoms with Crippen LogP contribution in [-0.2, 0) is 0 Å². The molecular weight excluding hydrogens is 317 g/mol. The number of halogens is 1. The lowest BCUT2D eigenvalue weighted by Crippen LogP contribution is -2.25. The summed E-state index contributed by atoms with van der Waals surface area (Å²) in [6.07, 6.45) is 11.2. The van der Waals surface area contributed by atoms with E-state index in [1.165, 1.54) is 36.7 Å². The normalized spacial score (nSPS) is 13.9. The number of allylic oxidation sites excluding steroid dienone is 1. The van der Waals surface area contributed by atoms with Crippen molar-refractivity contribution in [2.45, 2.75) is 32.1 Å². The Hall–Kier alpha value is -2.69. The van der Waals surface area contributed by atoms with Crippen LogP contribution in [0.1, 0.15) is 42.5 Å². The van der Waals surface area contributed by atoms with Crippen molar-refractivity contribution in [3.63, 3.8) is 0 Å². The van der Waals surface area contributed by atoms with Gasteiger partial charge in [0.1, 0.15) is 5.82 Å². The van der Waals surface area contributed by atoms with Crippen LogP contribution in [0.5, 0.6) is 0 Å². The van der Waals surface area contributed by atoms with E-state index in [1.54, 1.807) is 24.4 Å². The molecule has 5 heteroatoms. The molecule has 0 saturated carbocycles. The minimum absolute atomic E-state index is 0.146. The van der Waals surface area contributed by atoms with Crippen molar-refractivity contribution in [2.75, 3.05) is 11.9 Å². The molecule has 2 aromatic rings. The van der Waals surface area contributed by atoms with Gasteiger partial charge in [-0.05, 0) is 56.4 Å². The minimum Gasteiger partial charge on any atom is -0.354 e. The van der Waals surface area contributed by atoms with Crippen LogP contribution in [0, 0.1) is 5.82 Å². The molecule has 0 spiro atoms. The molecule has 130 valence electrons. The topological polar surface area (TPSA) is 54.0 Å². The minimum atomic E-state index is -0.316. The van der Waals surface area contributed by atoms with Crippen molar-refractivity contribution >= 4 is 17.3 Å². The van der Waals surface area contributed by atoms with Crippen LogP contribution < -0.4 is 10.6 Å². The van der Waals surface area contributed by atoms with Crippen LogP contribution in [0.15, 0.2) is 54.4 Å². The maximum Gasteiger partial charge on any atom is 0.252 e. The Morgan fingerprint density at radius 2 is 2.08 bits per heavy atom. The van der Waals surface area contributed by atoms with E-state index in [1.807, 2.05) is 0 Å². The summed E-state index contributed by atoms with van der Waals surface area (Å²) in [5.74, 6) is -0.462. The summed E-state index contributed by atoms with van der Waals surface area (Å²) in [6, 6.07) is 7.88. The lowest BCUT2D eigenvalue weighted by Gasteiger charge is -2.13. The van der Waals surface area contributed by atoms with Gasteiger partial charge in [-0.25, -0.2) is 4.39 Å². The average Bonchev–Trinajstić information content (AvgIpc) is 2.63. The molecular formula is C20H22FN3O. The Morgan fingerprint density at radius 3 is 2.88 bits per heavy atom. The van der Waals surface area contributed by atoms with Crippen LogP contribution in [0.2, 0.25) is 0 Å². The zero-order valence-corrected chi connectivity index (χ0v) is 14.1. The molecule has 1 aromatic carbocycles. The first-order chi connectivity index (χ1) is 12.2. The third-order valence-electron chi connectivity index (χ3n) is 4.23. The van der Waals surface area contributed by atoms with Crippen LogP contribution in [0.4, 0.5) is 15.8 Å². The second-order valence-electron chi connectivity index (χ2n) is 6.21. The first kappa shape index (κ1) is 17.1. The number of pyridine rings is 1. The van der Waals surface area contributed by atoms with E-state index < -0.39 is 0 Å². The molecule has 2 N–H and O–H groups in total. The number of benzene rings is 1. The fourth-order valence-electron chi connectivity index (χ4n) is 2.94. The molecule has 25 heavy (non-hydrogen) atoms. The summed E-state index contributed by atoms with van der Waals surface area (Å²) in [5, 5.41) is 6.00. The number of rotatable bonds is 6. The van der Waals surface area contributed by atoms with Gasteiger partial charge >= 0.3 is 0 Å². The highest BCUT2D eigenvalue weighted by Crippen LogP contribution is 2.20.